The summed E-state index contributed by atoms with van der Waals surface area (Å²) in [6.45, 7) is 7.69. The minimum Gasteiger partial charge on any atom is -0.493 e. The maximum Gasteiger partial charge on any atom is 0.261 e. The molecule has 1 aliphatic rings. The zero-order valence-electron chi connectivity index (χ0n) is 19.8. The first-order valence-corrected chi connectivity index (χ1v) is 12.2. The molecule has 0 radical (unpaired) electrons. The number of rotatable bonds is 10. The Bertz CT molecular complexity index is 1130. The highest BCUT2D eigenvalue weighted by Crippen LogP contribution is 2.34. The van der Waals surface area contributed by atoms with E-state index >= 15 is 0 Å². The molecule has 1 aromatic carbocycles. The standard InChI is InChI=1S/C24H31N5O4S/c1-16-19-22(25-8-5-9-29-10-12-33-13-11-29)27-15-28-24(19)34-21(16)23(30)26-14-17-6-4-7-18(31-2)20(17)32-3/h4,6-7,15H,5,8-14H2,1-3H3,(H,26,30)(H,25,27,28). The normalized spacial score (nSPS) is 14.2. The fraction of sp³-hybridized carbons (Fsp3) is 0.458. The summed E-state index contributed by atoms with van der Waals surface area (Å²) >= 11 is 1.38. The van der Waals surface area contributed by atoms with Crippen LogP contribution in [-0.2, 0) is 11.3 Å². The van der Waals surface area contributed by atoms with Crippen LogP contribution in [0.1, 0.15) is 27.2 Å². The van der Waals surface area contributed by atoms with Crippen LogP contribution < -0.4 is 20.1 Å². The van der Waals surface area contributed by atoms with Gasteiger partial charge in [-0.25, -0.2) is 9.97 Å². The van der Waals surface area contributed by atoms with Crippen LogP contribution in [0.2, 0.25) is 0 Å². The summed E-state index contributed by atoms with van der Waals surface area (Å²) < 4.78 is 16.2. The SMILES string of the molecule is COc1cccc(CNC(=O)c2sc3ncnc(NCCCN4CCOCC4)c3c2C)c1OC. The van der Waals surface area contributed by atoms with Crippen molar-refractivity contribution in [3.63, 3.8) is 0 Å². The van der Waals surface area contributed by atoms with Crippen molar-refractivity contribution in [1.82, 2.24) is 20.2 Å². The van der Waals surface area contributed by atoms with Gasteiger partial charge in [-0.1, -0.05) is 12.1 Å². The third-order valence-corrected chi connectivity index (χ3v) is 7.10. The minimum absolute atomic E-state index is 0.149. The summed E-state index contributed by atoms with van der Waals surface area (Å²) in [4.78, 5) is 25.8. The van der Waals surface area contributed by atoms with Crippen LogP contribution in [0.3, 0.4) is 0 Å². The van der Waals surface area contributed by atoms with Crippen molar-refractivity contribution in [2.45, 2.75) is 19.9 Å². The van der Waals surface area contributed by atoms with Gasteiger partial charge in [-0.3, -0.25) is 9.69 Å². The first kappa shape index (κ1) is 24.2. The molecule has 182 valence electrons. The monoisotopic (exact) mass is 485 g/mol. The Hall–Kier alpha value is -2.95. The summed E-state index contributed by atoms with van der Waals surface area (Å²) in [5, 5.41) is 7.35. The molecule has 3 heterocycles. The van der Waals surface area contributed by atoms with Gasteiger partial charge in [-0.05, 0) is 31.5 Å². The second kappa shape index (κ2) is 11.5. The Morgan fingerprint density at radius 1 is 1.21 bits per heavy atom. The van der Waals surface area contributed by atoms with Crippen LogP contribution in [0, 0.1) is 6.92 Å². The van der Waals surface area contributed by atoms with Gasteiger partial charge in [0.1, 0.15) is 17.0 Å². The van der Waals surface area contributed by atoms with Crippen molar-refractivity contribution in [3.05, 3.63) is 40.5 Å². The van der Waals surface area contributed by atoms with Crippen LogP contribution >= 0.6 is 11.3 Å². The van der Waals surface area contributed by atoms with Crippen molar-refractivity contribution >= 4 is 33.3 Å². The molecule has 3 aromatic rings. The highest BCUT2D eigenvalue weighted by molar-refractivity contribution is 7.20. The number of anilines is 1. The molecule has 0 atom stereocenters. The molecule has 9 nitrogen and oxygen atoms in total. The third kappa shape index (κ3) is 5.40. The average Bonchev–Trinajstić information content (AvgIpc) is 3.22. The molecule has 1 aliphatic heterocycles. The molecule has 1 amide bonds. The number of carbonyl (C=O) groups excluding carboxylic acids is 1. The lowest BCUT2D eigenvalue weighted by atomic mass is 10.1. The van der Waals surface area contributed by atoms with E-state index in [0.29, 0.717) is 22.9 Å². The molecular formula is C24H31N5O4S. The van der Waals surface area contributed by atoms with Gasteiger partial charge in [0.2, 0.25) is 0 Å². The molecule has 0 spiro atoms. The molecule has 2 N–H and O–H groups in total. The van der Waals surface area contributed by atoms with Crippen molar-refractivity contribution in [2.24, 2.45) is 0 Å². The number of benzene rings is 1. The van der Waals surface area contributed by atoms with E-state index in [2.05, 4.69) is 25.5 Å². The van der Waals surface area contributed by atoms with E-state index in [9.17, 15) is 4.79 Å². The second-order valence-corrected chi connectivity index (χ2v) is 9.03. The number of amides is 1. The van der Waals surface area contributed by atoms with Crippen molar-refractivity contribution in [1.29, 1.82) is 0 Å². The lowest BCUT2D eigenvalue weighted by Gasteiger charge is -2.26. The van der Waals surface area contributed by atoms with Gasteiger partial charge in [0.05, 0.1) is 37.7 Å². The number of hydrogen-bond donors (Lipinski definition) is 2. The van der Waals surface area contributed by atoms with Crippen LogP contribution in [0.5, 0.6) is 11.5 Å². The number of thiophene rings is 1. The van der Waals surface area contributed by atoms with Crippen molar-refractivity contribution in [2.75, 3.05) is 58.9 Å². The molecular weight excluding hydrogens is 454 g/mol. The van der Waals surface area contributed by atoms with E-state index in [1.165, 1.54) is 11.3 Å². The van der Waals surface area contributed by atoms with Crippen LogP contribution in [0.4, 0.5) is 5.82 Å². The van der Waals surface area contributed by atoms with E-state index in [4.69, 9.17) is 14.2 Å². The van der Waals surface area contributed by atoms with Gasteiger partial charge in [-0.15, -0.1) is 11.3 Å². The van der Waals surface area contributed by atoms with E-state index in [1.54, 1.807) is 20.5 Å². The van der Waals surface area contributed by atoms with Crippen molar-refractivity contribution in [3.8, 4) is 11.5 Å². The summed E-state index contributed by atoms with van der Waals surface area (Å²) in [6, 6.07) is 5.61. The van der Waals surface area contributed by atoms with E-state index in [0.717, 1.165) is 73.0 Å². The van der Waals surface area contributed by atoms with Crippen molar-refractivity contribution < 1.29 is 19.0 Å². The van der Waals surface area contributed by atoms with Gasteiger partial charge >= 0.3 is 0 Å². The maximum absolute atomic E-state index is 13.1. The number of hydrogen-bond acceptors (Lipinski definition) is 9. The number of aromatic nitrogens is 2. The molecule has 34 heavy (non-hydrogen) atoms. The number of nitrogens with one attached hydrogen (secondary N) is 2. The number of carbonyl (C=O) groups is 1. The molecule has 0 bridgehead atoms. The molecule has 10 heteroatoms. The Morgan fingerprint density at radius 2 is 2.03 bits per heavy atom. The van der Waals surface area contributed by atoms with Gasteiger partial charge in [-0.2, -0.15) is 0 Å². The summed E-state index contributed by atoms with van der Waals surface area (Å²) in [5.74, 6) is 1.87. The molecule has 1 fully saturated rings. The lowest BCUT2D eigenvalue weighted by Crippen LogP contribution is -2.37. The summed E-state index contributed by atoms with van der Waals surface area (Å²) in [5.41, 5.74) is 1.72. The summed E-state index contributed by atoms with van der Waals surface area (Å²) in [6.07, 6.45) is 2.55. The number of fused-ring (bicyclic) bond motifs is 1. The van der Waals surface area contributed by atoms with Gasteiger partial charge < -0.3 is 24.8 Å². The largest absolute Gasteiger partial charge is 0.493 e. The first-order valence-electron chi connectivity index (χ1n) is 11.4. The van der Waals surface area contributed by atoms with E-state index in [1.807, 2.05) is 25.1 Å². The second-order valence-electron chi connectivity index (χ2n) is 8.03. The minimum atomic E-state index is -0.149. The topological polar surface area (TPSA) is 97.8 Å². The van der Waals surface area contributed by atoms with Crippen LogP contribution in [-0.4, -0.2) is 74.4 Å². The van der Waals surface area contributed by atoms with Crippen LogP contribution in [0.15, 0.2) is 24.5 Å². The molecule has 0 saturated carbocycles. The zero-order chi connectivity index (χ0) is 23.9. The highest BCUT2D eigenvalue weighted by atomic mass is 32.1. The average molecular weight is 486 g/mol. The van der Waals surface area contributed by atoms with Gasteiger partial charge in [0.25, 0.3) is 5.91 Å². The number of methoxy groups -OCH3 is 2. The number of para-hydroxylation sites is 1. The third-order valence-electron chi connectivity index (χ3n) is 5.90. The predicted molar refractivity (Wildman–Crippen MR) is 133 cm³/mol. The highest BCUT2D eigenvalue weighted by Gasteiger charge is 2.20. The zero-order valence-corrected chi connectivity index (χ0v) is 20.7. The Balaban J connectivity index is 1.42. The Morgan fingerprint density at radius 3 is 2.79 bits per heavy atom. The molecule has 2 aromatic heterocycles. The quantitative estimate of drug-likeness (QED) is 0.423. The van der Waals surface area contributed by atoms with Gasteiger partial charge in [0.15, 0.2) is 11.5 Å². The number of nitrogens with zero attached hydrogens (tertiary/aromatic N) is 3. The fourth-order valence-electron chi connectivity index (χ4n) is 4.11. The van der Waals surface area contributed by atoms with Gasteiger partial charge in [0, 0.05) is 31.7 Å². The number of aryl methyl sites for hydroxylation is 1. The first-order chi connectivity index (χ1) is 16.6. The summed E-state index contributed by atoms with van der Waals surface area (Å²) in [7, 11) is 3.18. The number of morpholine rings is 1. The maximum atomic E-state index is 13.1. The Labute approximate surface area is 203 Å². The lowest BCUT2D eigenvalue weighted by molar-refractivity contribution is 0.0378. The van der Waals surface area contributed by atoms with E-state index in [-0.39, 0.29) is 5.91 Å². The Kier molecular flexibility index (Phi) is 8.15. The van der Waals surface area contributed by atoms with Crippen LogP contribution in [0.25, 0.3) is 10.2 Å². The smallest absolute Gasteiger partial charge is 0.261 e. The predicted octanol–water partition coefficient (Wildman–Crippen LogP) is 3.08. The molecule has 0 unspecified atom stereocenters. The fourth-order valence-corrected chi connectivity index (χ4v) is 5.17. The molecule has 0 aliphatic carbocycles. The molecule has 1 saturated heterocycles. The molecule has 4 rings (SSSR count). The number of ether oxygens (including phenoxy) is 3. The van der Waals surface area contributed by atoms with E-state index < -0.39 is 0 Å².